The fourth-order valence-electron chi connectivity index (χ4n) is 3.17. The number of aliphatic imine (C=N–C) groups is 1. The zero-order chi connectivity index (χ0) is 15.3. The second kappa shape index (κ2) is 4.78. The molecule has 4 rings (SSSR count). The molecule has 4 heteroatoms. The quantitative estimate of drug-likeness (QED) is 0.876. The lowest BCUT2D eigenvalue weighted by Gasteiger charge is -2.28. The van der Waals surface area contributed by atoms with E-state index in [0.29, 0.717) is 6.54 Å². The molecule has 4 nitrogen and oxygen atoms in total. The van der Waals surface area contributed by atoms with Gasteiger partial charge in [-0.15, -0.1) is 0 Å². The lowest BCUT2D eigenvalue weighted by Crippen LogP contribution is -2.23. The van der Waals surface area contributed by atoms with Gasteiger partial charge in [0.15, 0.2) is 0 Å². The largest absolute Gasteiger partial charge is 0.284 e. The summed E-state index contributed by atoms with van der Waals surface area (Å²) in [5.74, 6) is 0. The molecule has 0 amide bonds. The highest BCUT2D eigenvalue weighted by atomic mass is 16.5. The molecule has 0 radical (unpaired) electrons. The molecule has 0 saturated carbocycles. The van der Waals surface area contributed by atoms with Crippen molar-refractivity contribution in [3.63, 3.8) is 0 Å². The van der Waals surface area contributed by atoms with Crippen LogP contribution in [-0.4, -0.2) is 15.9 Å². The number of allylic oxidation sites excluding steroid dienone is 1. The van der Waals surface area contributed by atoms with Crippen molar-refractivity contribution in [2.24, 2.45) is 4.99 Å². The molecule has 1 aromatic heterocycles. The number of pyridine rings is 1. The molecule has 22 heavy (non-hydrogen) atoms. The van der Waals surface area contributed by atoms with Gasteiger partial charge in [0.2, 0.25) is 0 Å². The van der Waals surface area contributed by atoms with E-state index in [4.69, 9.17) is 4.99 Å². The first-order chi connectivity index (χ1) is 10.6. The molecular weight excluding hydrogens is 274 g/mol. The van der Waals surface area contributed by atoms with E-state index < -0.39 is 0 Å². The SMILES string of the molecule is C=C1CCc2cc3c(cc2N1O)CN=C3c1ccnc(C)c1. The number of rotatable bonds is 1. The fourth-order valence-corrected chi connectivity index (χ4v) is 3.17. The third-order valence-corrected chi connectivity index (χ3v) is 4.35. The zero-order valence-corrected chi connectivity index (χ0v) is 12.5. The van der Waals surface area contributed by atoms with Crippen molar-refractivity contribution < 1.29 is 5.21 Å². The number of hydrogen-bond acceptors (Lipinski definition) is 4. The summed E-state index contributed by atoms with van der Waals surface area (Å²) < 4.78 is 0. The van der Waals surface area contributed by atoms with Crippen LogP contribution in [-0.2, 0) is 13.0 Å². The van der Waals surface area contributed by atoms with Gasteiger partial charge in [-0.2, -0.15) is 0 Å². The van der Waals surface area contributed by atoms with E-state index in [9.17, 15) is 5.21 Å². The summed E-state index contributed by atoms with van der Waals surface area (Å²) in [6.07, 6.45) is 3.51. The normalized spacial score (nSPS) is 16.4. The minimum absolute atomic E-state index is 0.652. The number of aromatic nitrogens is 1. The Kier molecular flexibility index (Phi) is 2.87. The Morgan fingerprint density at radius 1 is 1.18 bits per heavy atom. The summed E-state index contributed by atoms with van der Waals surface area (Å²) in [6, 6.07) is 8.27. The van der Waals surface area contributed by atoms with Crippen LogP contribution in [0.25, 0.3) is 0 Å². The summed E-state index contributed by atoms with van der Waals surface area (Å²) in [5.41, 5.74) is 8.18. The van der Waals surface area contributed by atoms with Crippen molar-refractivity contribution >= 4 is 11.4 Å². The van der Waals surface area contributed by atoms with Gasteiger partial charge in [-0.3, -0.25) is 15.2 Å². The molecular formula is C18H17N3O. The Morgan fingerprint density at radius 2 is 2.05 bits per heavy atom. The minimum atomic E-state index is 0.652. The first-order valence-electron chi connectivity index (χ1n) is 7.44. The fraction of sp³-hybridized carbons (Fsp3) is 0.222. The summed E-state index contributed by atoms with van der Waals surface area (Å²) in [6.45, 7) is 6.54. The van der Waals surface area contributed by atoms with Crippen molar-refractivity contribution in [2.75, 3.05) is 5.06 Å². The molecule has 0 spiro atoms. The van der Waals surface area contributed by atoms with Crippen LogP contribution in [0.15, 0.2) is 47.7 Å². The number of benzene rings is 1. The van der Waals surface area contributed by atoms with Crippen molar-refractivity contribution in [1.29, 1.82) is 0 Å². The first-order valence-corrected chi connectivity index (χ1v) is 7.44. The molecule has 0 bridgehead atoms. The number of fused-ring (bicyclic) bond motifs is 2. The first kappa shape index (κ1) is 13.2. The van der Waals surface area contributed by atoms with Crippen molar-refractivity contribution in [2.45, 2.75) is 26.3 Å². The molecule has 110 valence electrons. The van der Waals surface area contributed by atoms with E-state index in [-0.39, 0.29) is 0 Å². The predicted octanol–water partition coefficient (Wildman–Crippen LogP) is 3.40. The molecule has 0 atom stereocenters. The van der Waals surface area contributed by atoms with E-state index in [0.717, 1.165) is 52.3 Å². The van der Waals surface area contributed by atoms with Gasteiger partial charge in [0, 0.05) is 28.7 Å². The van der Waals surface area contributed by atoms with Gasteiger partial charge in [0.1, 0.15) is 0 Å². The van der Waals surface area contributed by atoms with Gasteiger partial charge in [0.05, 0.1) is 17.9 Å². The molecule has 2 aliphatic rings. The van der Waals surface area contributed by atoms with Crippen molar-refractivity contribution in [3.8, 4) is 0 Å². The minimum Gasteiger partial charge on any atom is -0.284 e. The average molecular weight is 291 g/mol. The van der Waals surface area contributed by atoms with Crippen LogP contribution >= 0.6 is 0 Å². The smallest absolute Gasteiger partial charge is 0.0727 e. The Bertz CT molecular complexity index is 823. The Morgan fingerprint density at radius 3 is 2.86 bits per heavy atom. The van der Waals surface area contributed by atoms with Crippen LogP contribution in [0, 0.1) is 6.92 Å². The average Bonchev–Trinajstić information content (AvgIpc) is 2.92. The summed E-state index contributed by atoms with van der Waals surface area (Å²) >= 11 is 0. The molecule has 0 fully saturated rings. The highest BCUT2D eigenvalue weighted by Gasteiger charge is 2.25. The highest BCUT2D eigenvalue weighted by Crippen LogP contribution is 2.36. The van der Waals surface area contributed by atoms with Crippen LogP contribution in [0.3, 0.4) is 0 Å². The number of aryl methyl sites for hydroxylation is 2. The molecule has 3 heterocycles. The maximum Gasteiger partial charge on any atom is 0.0727 e. The van der Waals surface area contributed by atoms with Gasteiger partial charge in [-0.05, 0) is 55.2 Å². The molecule has 0 unspecified atom stereocenters. The standard InChI is InChI=1S/C18H17N3O/c1-11-7-14(5-6-19-11)18-16-8-13-4-3-12(2)21(22)17(13)9-15(16)10-20-18/h5-9,22H,2-4,10H2,1H3. The lowest BCUT2D eigenvalue weighted by atomic mass is 9.93. The van der Waals surface area contributed by atoms with E-state index in [1.165, 1.54) is 10.6 Å². The lowest BCUT2D eigenvalue weighted by molar-refractivity contribution is 0.274. The third kappa shape index (κ3) is 1.96. The second-order valence-electron chi connectivity index (χ2n) is 5.87. The van der Waals surface area contributed by atoms with Gasteiger partial charge >= 0.3 is 0 Å². The highest BCUT2D eigenvalue weighted by molar-refractivity contribution is 6.15. The summed E-state index contributed by atoms with van der Waals surface area (Å²) in [5, 5.41) is 11.4. The number of hydrogen-bond donors (Lipinski definition) is 1. The van der Waals surface area contributed by atoms with Crippen LogP contribution < -0.4 is 5.06 Å². The van der Waals surface area contributed by atoms with E-state index >= 15 is 0 Å². The topological polar surface area (TPSA) is 48.7 Å². The van der Waals surface area contributed by atoms with Gasteiger partial charge in [0.25, 0.3) is 0 Å². The third-order valence-electron chi connectivity index (χ3n) is 4.35. The van der Waals surface area contributed by atoms with Gasteiger partial charge in [-0.25, -0.2) is 5.06 Å². The number of hydroxylamine groups is 1. The summed E-state index contributed by atoms with van der Waals surface area (Å²) in [4.78, 5) is 8.95. The Hall–Kier alpha value is -2.46. The van der Waals surface area contributed by atoms with Gasteiger partial charge < -0.3 is 0 Å². The number of anilines is 1. The van der Waals surface area contributed by atoms with Crippen LogP contribution in [0.5, 0.6) is 0 Å². The molecule has 0 aliphatic carbocycles. The van der Waals surface area contributed by atoms with Crippen LogP contribution in [0.2, 0.25) is 0 Å². The van der Waals surface area contributed by atoms with E-state index in [1.54, 1.807) is 0 Å². The Labute approximate surface area is 129 Å². The molecule has 2 aliphatic heterocycles. The Balaban J connectivity index is 1.81. The molecule has 2 aromatic rings. The molecule has 1 N–H and O–H groups in total. The second-order valence-corrected chi connectivity index (χ2v) is 5.87. The van der Waals surface area contributed by atoms with Crippen molar-refractivity contribution in [1.82, 2.24) is 4.98 Å². The summed E-state index contributed by atoms with van der Waals surface area (Å²) in [7, 11) is 0. The molecule has 0 saturated heterocycles. The predicted molar refractivity (Wildman–Crippen MR) is 86.5 cm³/mol. The van der Waals surface area contributed by atoms with E-state index in [2.05, 4.69) is 23.7 Å². The maximum atomic E-state index is 10.2. The van der Waals surface area contributed by atoms with Crippen molar-refractivity contribution in [3.05, 3.63) is 70.7 Å². The molecule has 1 aromatic carbocycles. The van der Waals surface area contributed by atoms with Gasteiger partial charge in [-0.1, -0.05) is 6.58 Å². The maximum absolute atomic E-state index is 10.2. The van der Waals surface area contributed by atoms with Crippen LogP contribution in [0.4, 0.5) is 5.69 Å². The van der Waals surface area contributed by atoms with E-state index in [1.807, 2.05) is 25.3 Å². The number of nitrogens with zero attached hydrogens (tertiary/aromatic N) is 3. The van der Waals surface area contributed by atoms with Crippen LogP contribution in [0.1, 0.15) is 34.4 Å². The monoisotopic (exact) mass is 291 g/mol. The zero-order valence-electron chi connectivity index (χ0n) is 12.5.